The average Bonchev–Trinajstić information content (AvgIpc) is 2.65. The number of hydrogen-bond donors (Lipinski definition) is 3. The molecule has 6 heteroatoms. The standard InChI is InChI=1S/C20H21N3O3/c1-3-12-21-18(24)16-6-4-5-7-17(16)23-20(26)19(25)22-13-15-10-8-14(2)9-11-15/h3-11H,1,12-13H2,2H3,(H,21,24)(H,22,25)(H,23,26). The number of hydrogen-bond acceptors (Lipinski definition) is 3. The summed E-state index contributed by atoms with van der Waals surface area (Å²) in [6, 6.07) is 14.1. The summed E-state index contributed by atoms with van der Waals surface area (Å²) >= 11 is 0. The fourth-order valence-electron chi connectivity index (χ4n) is 2.20. The van der Waals surface area contributed by atoms with Gasteiger partial charge in [0.15, 0.2) is 0 Å². The van der Waals surface area contributed by atoms with Crippen molar-refractivity contribution in [1.29, 1.82) is 0 Å². The van der Waals surface area contributed by atoms with Crippen LogP contribution in [0.25, 0.3) is 0 Å². The molecule has 134 valence electrons. The summed E-state index contributed by atoms with van der Waals surface area (Å²) in [6.07, 6.45) is 1.55. The molecule has 2 rings (SSSR count). The summed E-state index contributed by atoms with van der Waals surface area (Å²) in [7, 11) is 0. The summed E-state index contributed by atoms with van der Waals surface area (Å²) in [5.41, 5.74) is 2.55. The molecule has 6 nitrogen and oxygen atoms in total. The molecule has 0 bridgehead atoms. The Morgan fingerprint density at radius 2 is 1.65 bits per heavy atom. The minimum absolute atomic E-state index is 0.244. The molecule has 0 aromatic heterocycles. The van der Waals surface area contributed by atoms with Crippen molar-refractivity contribution in [2.24, 2.45) is 0 Å². The number of para-hydroxylation sites is 1. The van der Waals surface area contributed by atoms with Crippen molar-refractivity contribution in [2.75, 3.05) is 11.9 Å². The molecule has 0 saturated carbocycles. The maximum Gasteiger partial charge on any atom is 0.313 e. The van der Waals surface area contributed by atoms with Crippen LogP contribution >= 0.6 is 0 Å². The summed E-state index contributed by atoms with van der Waals surface area (Å²) in [4.78, 5) is 36.2. The SMILES string of the molecule is C=CCNC(=O)c1ccccc1NC(=O)C(=O)NCc1ccc(C)cc1. The molecule has 0 radical (unpaired) electrons. The Hall–Kier alpha value is -3.41. The van der Waals surface area contributed by atoms with Gasteiger partial charge in [0.25, 0.3) is 5.91 Å². The van der Waals surface area contributed by atoms with E-state index >= 15 is 0 Å². The quantitative estimate of drug-likeness (QED) is 0.551. The number of anilines is 1. The smallest absolute Gasteiger partial charge is 0.313 e. The molecule has 0 spiro atoms. The van der Waals surface area contributed by atoms with Gasteiger partial charge in [0.05, 0.1) is 11.3 Å². The second kappa shape index (κ2) is 9.17. The van der Waals surface area contributed by atoms with Crippen LogP contribution in [0.15, 0.2) is 61.2 Å². The number of benzene rings is 2. The molecule has 0 unspecified atom stereocenters. The Bertz CT molecular complexity index is 813. The van der Waals surface area contributed by atoms with E-state index in [1.807, 2.05) is 31.2 Å². The zero-order chi connectivity index (χ0) is 18.9. The molecule has 2 aromatic rings. The Balaban J connectivity index is 1.98. The van der Waals surface area contributed by atoms with E-state index in [4.69, 9.17) is 0 Å². The highest BCUT2D eigenvalue weighted by molar-refractivity contribution is 6.40. The van der Waals surface area contributed by atoms with Crippen LogP contribution in [-0.2, 0) is 16.1 Å². The molecule has 0 fully saturated rings. The number of rotatable bonds is 6. The Morgan fingerprint density at radius 1 is 0.962 bits per heavy atom. The Kier molecular flexibility index (Phi) is 6.68. The Morgan fingerprint density at radius 3 is 2.35 bits per heavy atom. The van der Waals surface area contributed by atoms with E-state index in [-0.39, 0.29) is 23.7 Å². The van der Waals surface area contributed by atoms with Crippen molar-refractivity contribution in [2.45, 2.75) is 13.5 Å². The van der Waals surface area contributed by atoms with Gasteiger partial charge in [0, 0.05) is 13.1 Å². The van der Waals surface area contributed by atoms with Crippen LogP contribution in [0, 0.1) is 6.92 Å². The average molecular weight is 351 g/mol. The largest absolute Gasteiger partial charge is 0.349 e. The van der Waals surface area contributed by atoms with Crippen molar-refractivity contribution in [1.82, 2.24) is 10.6 Å². The van der Waals surface area contributed by atoms with Crippen LogP contribution in [0.2, 0.25) is 0 Å². The van der Waals surface area contributed by atoms with Crippen LogP contribution in [0.4, 0.5) is 5.69 Å². The van der Waals surface area contributed by atoms with Gasteiger partial charge in [0.1, 0.15) is 0 Å². The van der Waals surface area contributed by atoms with E-state index in [9.17, 15) is 14.4 Å². The van der Waals surface area contributed by atoms with E-state index in [0.717, 1.165) is 11.1 Å². The molecular weight excluding hydrogens is 330 g/mol. The monoisotopic (exact) mass is 351 g/mol. The lowest BCUT2D eigenvalue weighted by Crippen LogP contribution is -2.35. The highest BCUT2D eigenvalue weighted by Crippen LogP contribution is 2.14. The number of carbonyl (C=O) groups excluding carboxylic acids is 3. The lowest BCUT2D eigenvalue weighted by atomic mass is 10.1. The predicted octanol–water partition coefficient (Wildman–Crippen LogP) is 2.17. The van der Waals surface area contributed by atoms with Crippen molar-refractivity contribution in [3.8, 4) is 0 Å². The van der Waals surface area contributed by atoms with E-state index in [1.165, 1.54) is 0 Å². The fraction of sp³-hybridized carbons (Fsp3) is 0.150. The lowest BCUT2D eigenvalue weighted by molar-refractivity contribution is -0.136. The van der Waals surface area contributed by atoms with Gasteiger partial charge < -0.3 is 16.0 Å². The van der Waals surface area contributed by atoms with Crippen molar-refractivity contribution in [3.63, 3.8) is 0 Å². The zero-order valence-electron chi connectivity index (χ0n) is 14.5. The number of aryl methyl sites for hydroxylation is 1. The molecule has 0 atom stereocenters. The molecule has 26 heavy (non-hydrogen) atoms. The van der Waals surface area contributed by atoms with Crippen LogP contribution in [0.3, 0.4) is 0 Å². The molecule has 3 N–H and O–H groups in total. The second-order valence-electron chi connectivity index (χ2n) is 5.67. The lowest BCUT2D eigenvalue weighted by Gasteiger charge is -2.11. The normalized spacial score (nSPS) is 9.88. The van der Waals surface area contributed by atoms with Crippen LogP contribution < -0.4 is 16.0 Å². The first-order chi connectivity index (χ1) is 12.5. The maximum atomic E-state index is 12.1. The van der Waals surface area contributed by atoms with Crippen molar-refractivity contribution in [3.05, 3.63) is 77.9 Å². The zero-order valence-corrected chi connectivity index (χ0v) is 14.5. The summed E-state index contributed by atoms with van der Waals surface area (Å²) in [5, 5.41) is 7.67. The van der Waals surface area contributed by atoms with E-state index in [2.05, 4.69) is 22.5 Å². The first kappa shape index (κ1) is 18.9. The third-order valence-corrected chi connectivity index (χ3v) is 3.61. The first-order valence-corrected chi connectivity index (χ1v) is 8.14. The molecule has 0 aliphatic rings. The molecule has 0 aliphatic heterocycles. The molecule has 2 aromatic carbocycles. The maximum absolute atomic E-state index is 12.1. The molecule has 3 amide bonds. The van der Waals surface area contributed by atoms with Crippen molar-refractivity contribution < 1.29 is 14.4 Å². The van der Waals surface area contributed by atoms with Gasteiger partial charge in [-0.1, -0.05) is 48.0 Å². The van der Waals surface area contributed by atoms with Crippen LogP contribution in [0.5, 0.6) is 0 Å². The Labute approximate surface area is 152 Å². The van der Waals surface area contributed by atoms with E-state index < -0.39 is 11.8 Å². The van der Waals surface area contributed by atoms with E-state index in [1.54, 1.807) is 30.3 Å². The van der Waals surface area contributed by atoms with Gasteiger partial charge in [-0.15, -0.1) is 6.58 Å². The van der Waals surface area contributed by atoms with Gasteiger partial charge in [-0.3, -0.25) is 14.4 Å². The van der Waals surface area contributed by atoms with Gasteiger partial charge in [-0.05, 0) is 24.6 Å². The molecule has 0 aliphatic carbocycles. The molecule has 0 heterocycles. The summed E-state index contributed by atoms with van der Waals surface area (Å²) in [6.45, 7) is 6.05. The number of nitrogens with one attached hydrogen (secondary N) is 3. The van der Waals surface area contributed by atoms with Crippen LogP contribution in [0.1, 0.15) is 21.5 Å². The van der Waals surface area contributed by atoms with Gasteiger partial charge in [-0.2, -0.15) is 0 Å². The highest BCUT2D eigenvalue weighted by Gasteiger charge is 2.17. The van der Waals surface area contributed by atoms with Gasteiger partial charge in [0.2, 0.25) is 0 Å². The molecular formula is C20H21N3O3. The first-order valence-electron chi connectivity index (χ1n) is 8.14. The third kappa shape index (κ3) is 5.31. The summed E-state index contributed by atoms with van der Waals surface area (Å²) in [5.74, 6) is -1.96. The number of carbonyl (C=O) groups is 3. The molecule has 0 saturated heterocycles. The van der Waals surface area contributed by atoms with Crippen molar-refractivity contribution >= 4 is 23.4 Å². The minimum atomic E-state index is -0.832. The van der Waals surface area contributed by atoms with Crippen LogP contribution in [-0.4, -0.2) is 24.3 Å². The summed E-state index contributed by atoms with van der Waals surface area (Å²) < 4.78 is 0. The third-order valence-electron chi connectivity index (χ3n) is 3.61. The topological polar surface area (TPSA) is 87.3 Å². The predicted molar refractivity (Wildman–Crippen MR) is 101 cm³/mol. The number of amides is 3. The second-order valence-corrected chi connectivity index (χ2v) is 5.67. The van der Waals surface area contributed by atoms with Gasteiger partial charge >= 0.3 is 11.8 Å². The fourth-order valence-corrected chi connectivity index (χ4v) is 2.20. The highest BCUT2D eigenvalue weighted by atomic mass is 16.2. The minimum Gasteiger partial charge on any atom is -0.349 e. The van der Waals surface area contributed by atoms with E-state index in [0.29, 0.717) is 6.54 Å². The van der Waals surface area contributed by atoms with Gasteiger partial charge in [-0.25, -0.2) is 0 Å².